The van der Waals surface area contributed by atoms with Crippen LogP contribution >= 0.6 is 0 Å². The van der Waals surface area contributed by atoms with Crippen molar-refractivity contribution in [2.24, 2.45) is 0 Å². The summed E-state index contributed by atoms with van der Waals surface area (Å²) in [6.07, 6.45) is 6.04. The number of nitrogens with one attached hydrogen (secondary N) is 1. The number of anilines is 1. The number of aromatic nitrogens is 4. The van der Waals surface area contributed by atoms with Crippen molar-refractivity contribution in [2.45, 2.75) is 26.7 Å². The number of nitrogens with zero attached hydrogens (tertiary/aromatic N) is 4. The van der Waals surface area contributed by atoms with Crippen LogP contribution in [0.15, 0.2) is 49.1 Å². The fraction of sp³-hybridized carbons (Fsp3) is 0.222. The van der Waals surface area contributed by atoms with Crippen molar-refractivity contribution in [3.8, 4) is 5.95 Å². The first-order valence-electron chi connectivity index (χ1n) is 7.80. The van der Waals surface area contributed by atoms with Crippen molar-refractivity contribution in [3.05, 3.63) is 66.0 Å². The van der Waals surface area contributed by atoms with Crippen LogP contribution in [0.4, 0.5) is 5.69 Å². The molecule has 0 saturated carbocycles. The van der Waals surface area contributed by atoms with Crippen LogP contribution in [-0.4, -0.2) is 25.4 Å². The Morgan fingerprint density at radius 3 is 2.42 bits per heavy atom. The smallest absolute Gasteiger partial charge is 0.235 e. The van der Waals surface area contributed by atoms with E-state index in [9.17, 15) is 4.79 Å². The average molecular weight is 321 g/mol. The van der Waals surface area contributed by atoms with Gasteiger partial charge < -0.3 is 5.32 Å². The highest BCUT2D eigenvalue weighted by atomic mass is 16.1. The summed E-state index contributed by atoms with van der Waals surface area (Å²) in [6.45, 7) is 3.90. The van der Waals surface area contributed by atoms with Crippen LogP contribution in [0.1, 0.15) is 23.4 Å². The van der Waals surface area contributed by atoms with E-state index in [1.54, 1.807) is 18.7 Å². The second-order valence-electron chi connectivity index (χ2n) is 5.59. The van der Waals surface area contributed by atoms with Crippen molar-refractivity contribution in [3.63, 3.8) is 0 Å². The van der Waals surface area contributed by atoms with Gasteiger partial charge in [-0.15, -0.1) is 0 Å². The van der Waals surface area contributed by atoms with E-state index in [0.29, 0.717) is 24.5 Å². The minimum atomic E-state index is -0.0511. The van der Waals surface area contributed by atoms with Gasteiger partial charge in [-0.05, 0) is 25.8 Å². The summed E-state index contributed by atoms with van der Waals surface area (Å²) >= 11 is 0. The topological polar surface area (TPSA) is 72.7 Å². The maximum Gasteiger partial charge on any atom is 0.235 e. The third-order valence-corrected chi connectivity index (χ3v) is 3.87. The molecule has 2 aromatic heterocycles. The molecule has 0 aliphatic rings. The number of imidazole rings is 1. The van der Waals surface area contributed by atoms with Gasteiger partial charge in [0.25, 0.3) is 0 Å². The molecule has 6 nitrogen and oxygen atoms in total. The Hall–Kier alpha value is -3.02. The van der Waals surface area contributed by atoms with E-state index in [1.165, 1.54) is 0 Å². The van der Waals surface area contributed by atoms with Crippen molar-refractivity contribution >= 4 is 11.6 Å². The lowest BCUT2D eigenvalue weighted by Crippen LogP contribution is -2.13. The molecule has 3 aromatic rings. The summed E-state index contributed by atoms with van der Waals surface area (Å²) in [5.74, 6) is 0.486. The van der Waals surface area contributed by atoms with Gasteiger partial charge in [-0.2, -0.15) is 0 Å². The molecule has 0 spiro atoms. The molecule has 3 rings (SSSR count). The molecule has 1 aromatic carbocycles. The summed E-state index contributed by atoms with van der Waals surface area (Å²) < 4.78 is 1.82. The Bertz CT molecular complexity index is 824. The van der Waals surface area contributed by atoms with E-state index < -0.39 is 0 Å². The van der Waals surface area contributed by atoms with Gasteiger partial charge in [-0.3, -0.25) is 9.36 Å². The molecule has 1 amide bonds. The van der Waals surface area contributed by atoms with E-state index in [-0.39, 0.29) is 5.91 Å². The first kappa shape index (κ1) is 15.9. The van der Waals surface area contributed by atoms with Gasteiger partial charge in [0.05, 0.1) is 23.8 Å². The molecule has 0 saturated heterocycles. The van der Waals surface area contributed by atoms with E-state index in [4.69, 9.17) is 0 Å². The summed E-state index contributed by atoms with van der Waals surface area (Å²) in [7, 11) is 0. The highest BCUT2D eigenvalue weighted by molar-refractivity contribution is 5.90. The largest absolute Gasteiger partial charge is 0.323 e. The van der Waals surface area contributed by atoms with Gasteiger partial charge in [-0.25, -0.2) is 15.0 Å². The molecule has 0 radical (unpaired) electrons. The highest BCUT2D eigenvalue weighted by Crippen LogP contribution is 2.12. The van der Waals surface area contributed by atoms with Crippen LogP contribution in [-0.2, 0) is 11.2 Å². The van der Waals surface area contributed by atoms with Crippen molar-refractivity contribution in [2.75, 3.05) is 5.32 Å². The molecule has 0 unspecified atom stereocenters. The van der Waals surface area contributed by atoms with E-state index >= 15 is 0 Å². The molecular weight excluding hydrogens is 302 g/mol. The maximum absolute atomic E-state index is 12.0. The van der Waals surface area contributed by atoms with Crippen LogP contribution in [0, 0.1) is 13.8 Å². The molecular formula is C18H19N5O. The molecule has 6 heteroatoms. The molecule has 0 bridgehead atoms. The number of hydrogen-bond acceptors (Lipinski definition) is 4. The lowest BCUT2D eigenvalue weighted by Gasteiger charge is -2.07. The average Bonchev–Trinajstić information content (AvgIpc) is 2.94. The number of hydrogen-bond donors (Lipinski definition) is 1. The van der Waals surface area contributed by atoms with Crippen LogP contribution in [0.5, 0.6) is 0 Å². The van der Waals surface area contributed by atoms with Crippen molar-refractivity contribution in [1.29, 1.82) is 0 Å². The number of benzene rings is 1. The fourth-order valence-corrected chi connectivity index (χ4v) is 2.34. The zero-order valence-electron chi connectivity index (χ0n) is 13.7. The Morgan fingerprint density at radius 1 is 1.08 bits per heavy atom. The Balaban J connectivity index is 1.60. The lowest BCUT2D eigenvalue weighted by atomic mass is 10.1. The van der Waals surface area contributed by atoms with Crippen LogP contribution in [0.25, 0.3) is 5.95 Å². The highest BCUT2D eigenvalue weighted by Gasteiger charge is 2.08. The number of aryl methyl sites for hydroxylation is 2. The van der Waals surface area contributed by atoms with Gasteiger partial charge in [0.1, 0.15) is 6.33 Å². The predicted molar refractivity (Wildman–Crippen MR) is 92.0 cm³/mol. The number of carbonyl (C=O) groups excluding carboxylic acids is 1. The summed E-state index contributed by atoms with van der Waals surface area (Å²) in [4.78, 5) is 24.8. The Labute approximate surface area is 140 Å². The predicted octanol–water partition coefficient (Wildman–Crippen LogP) is 2.85. The Kier molecular flexibility index (Phi) is 4.65. The number of carbonyl (C=O) groups is 1. The summed E-state index contributed by atoms with van der Waals surface area (Å²) in [5, 5.41) is 2.82. The second kappa shape index (κ2) is 7.04. The molecule has 0 aliphatic carbocycles. The van der Waals surface area contributed by atoms with E-state index in [1.807, 2.05) is 48.7 Å². The van der Waals surface area contributed by atoms with Gasteiger partial charge in [0, 0.05) is 12.1 Å². The molecule has 2 heterocycles. The SMILES string of the molecule is Cc1ncn(-c2ncc(NC(=O)CCc3ccccc3)cn2)c1C. The number of rotatable bonds is 5. The molecule has 0 aliphatic heterocycles. The minimum absolute atomic E-state index is 0.0511. The second-order valence-corrected chi connectivity index (χ2v) is 5.59. The van der Waals surface area contributed by atoms with Crippen LogP contribution in [0.2, 0.25) is 0 Å². The van der Waals surface area contributed by atoms with Crippen molar-refractivity contribution in [1.82, 2.24) is 19.5 Å². The first-order chi connectivity index (χ1) is 11.6. The van der Waals surface area contributed by atoms with E-state index in [2.05, 4.69) is 20.3 Å². The standard InChI is InChI=1S/C18H19N5O/c1-13-14(2)23(12-21-13)18-19-10-16(11-20-18)22-17(24)9-8-15-6-4-3-5-7-15/h3-7,10-12H,8-9H2,1-2H3,(H,22,24). The number of amides is 1. The maximum atomic E-state index is 12.0. The fourth-order valence-electron chi connectivity index (χ4n) is 2.34. The lowest BCUT2D eigenvalue weighted by molar-refractivity contribution is -0.116. The van der Waals surface area contributed by atoms with Gasteiger partial charge >= 0.3 is 0 Å². The third kappa shape index (κ3) is 3.65. The van der Waals surface area contributed by atoms with Gasteiger partial charge in [0.15, 0.2) is 0 Å². The molecule has 122 valence electrons. The third-order valence-electron chi connectivity index (χ3n) is 3.87. The van der Waals surface area contributed by atoms with Crippen LogP contribution < -0.4 is 5.32 Å². The van der Waals surface area contributed by atoms with Crippen LogP contribution in [0.3, 0.4) is 0 Å². The zero-order chi connectivity index (χ0) is 16.9. The van der Waals surface area contributed by atoms with Crippen molar-refractivity contribution < 1.29 is 4.79 Å². The molecule has 0 atom stereocenters. The first-order valence-corrected chi connectivity index (χ1v) is 7.80. The quantitative estimate of drug-likeness (QED) is 0.784. The summed E-state index contributed by atoms with van der Waals surface area (Å²) in [5.41, 5.74) is 3.67. The Morgan fingerprint density at radius 2 is 1.79 bits per heavy atom. The monoisotopic (exact) mass is 321 g/mol. The van der Waals surface area contributed by atoms with Gasteiger partial charge in [0.2, 0.25) is 11.9 Å². The molecule has 24 heavy (non-hydrogen) atoms. The van der Waals surface area contributed by atoms with E-state index in [0.717, 1.165) is 17.0 Å². The van der Waals surface area contributed by atoms with Gasteiger partial charge in [-0.1, -0.05) is 30.3 Å². The minimum Gasteiger partial charge on any atom is -0.323 e. The zero-order valence-corrected chi connectivity index (χ0v) is 13.7. The summed E-state index contributed by atoms with van der Waals surface area (Å²) in [6, 6.07) is 9.94. The molecule has 1 N–H and O–H groups in total. The normalized spacial score (nSPS) is 10.6. The molecule has 0 fully saturated rings.